The zero-order valence-corrected chi connectivity index (χ0v) is 28.1. The van der Waals surface area contributed by atoms with Crippen LogP contribution in [-0.2, 0) is 9.53 Å². The van der Waals surface area contributed by atoms with Gasteiger partial charge in [0.1, 0.15) is 23.8 Å². The van der Waals surface area contributed by atoms with E-state index in [2.05, 4.69) is 19.6 Å². The van der Waals surface area contributed by atoms with E-state index in [-0.39, 0.29) is 12.2 Å². The Bertz CT molecular complexity index is 2190. The van der Waals surface area contributed by atoms with Crippen LogP contribution in [0.15, 0.2) is 113 Å². The molecule has 5 aromatic rings. The van der Waals surface area contributed by atoms with E-state index in [9.17, 15) is 9.59 Å². The van der Waals surface area contributed by atoms with Gasteiger partial charge in [0.25, 0.3) is 5.56 Å². The van der Waals surface area contributed by atoms with Crippen molar-refractivity contribution in [3.63, 3.8) is 0 Å². The first kappa shape index (κ1) is 32.5. The van der Waals surface area contributed by atoms with Gasteiger partial charge in [0.05, 0.1) is 41.2 Å². The van der Waals surface area contributed by atoms with Crippen molar-refractivity contribution >= 4 is 23.4 Å². The molecule has 6 rings (SSSR count). The van der Waals surface area contributed by atoms with Gasteiger partial charge in [-0.25, -0.2) is 14.5 Å². The summed E-state index contributed by atoms with van der Waals surface area (Å²) in [6.07, 6.45) is 6.19. The normalized spacial score (nSPS) is 14.3. The zero-order chi connectivity index (χ0) is 33.8. The fourth-order valence-corrected chi connectivity index (χ4v) is 6.68. The Labute approximate surface area is 282 Å². The molecule has 0 spiro atoms. The van der Waals surface area contributed by atoms with Crippen molar-refractivity contribution in [2.24, 2.45) is 4.99 Å². The quantitative estimate of drug-likeness (QED) is 0.129. The predicted octanol–water partition coefficient (Wildman–Crippen LogP) is 5.92. The summed E-state index contributed by atoms with van der Waals surface area (Å²) in [6.45, 7) is 10.2. The van der Waals surface area contributed by atoms with Gasteiger partial charge >= 0.3 is 5.97 Å². The number of nitrogens with zero attached hydrogens (tertiary/aromatic N) is 4. The number of aryl methyl sites for hydroxylation is 1. The number of ether oxygens (including phenoxy) is 3. The molecule has 3 aromatic carbocycles. The van der Waals surface area contributed by atoms with E-state index in [0.29, 0.717) is 38.7 Å². The second-order valence-electron chi connectivity index (χ2n) is 11.3. The molecule has 0 radical (unpaired) electrons. The Morgan fingerprint density at radius 3 is 2.52 bits per heavy atom. The van der Waals surface area contributed by atoms with Crippen LogP contribution in [0.2, 0.25) is 0 Å². The number of fused-ring (bicyclic) bond motifs is 1. The number of hydrogen-bond acceptors (Lipinski definition) is 8. The Balaban J connectivity index is 1.52. The fraction of sp³-hybridized carbons (Fsp3) is 0.211. The molecular weight excluding hydrogens is 625 g/mol. The van der Waals surface area contributed by atoms with Crippen LogP contribution in [0.25, 0.3) is 23.0 Å². The first-order valence-electron chi connectivity index (χ1n) is 15.7. The molecule has 0 saturated carbocycles. The second-order valence-corrected chi connectivity index (χ2v) is 12.3. The minimum absolute atomic E-state index is 0.0364. The van der Waals surface area contributed by atoms with Gasteiger partial charge in [0.15, 0.2) is 4.80 Å². The molecule has 1 unspecified atom stereocenters. The third-order valence-corrected chi connectivity index (χ3v) is 8.95. The number of aromatic nitrogens is 3. The van der Waals surface area contributed by atoms with Gasteiger partial charge in [-0.3, -0.25) is 9.36 Å². The van der Waals surface area contributed by atoms with Crippen molar-refractivity contribution in [2.45, 2.75) is 33.2 Å². The van der Waals surface area contributed by atoms with Crippen molar-refractivity contribution in [3.05, 3.63) is 139 Å². The van der Waals surface area contributed by atoms with Crippen molar-refractivity contribution in [1.29, 1.82) is 0 Å². The molecule has 0 amide bonds. The molecule has 9 nitrogen and oxygen atoms in total. The molecule has 3 heterocycles. The maximum atomic E-state index is 14.4. The lowest BCUT2D eigenvalue weighted by molar-refractivity contribution is -0.138. The van der Waals surface area contributed by atoms with Crippen molar-refractivity contribution in [3.8, 4) is 28.4 Å². The number of carbonyl (C=O) groups excluding carboxylic acids is 1. The average Bonchev–Trinajstić information content (AvgIpc) is 3.66. The number of esters is 1. The van der Waals surface area contributed by atoms with Gasteiger partial charge in [-0.2, -0.15) is 5.10 Å². The van der Waals surface area contributed by atoms with E-state index in [1.807, 2.05) is 78.5 Å². The monoisotopic (exact) mass is 660 g/mol. The number of rotatable bonds is 11. The minimum Gasteiger partial charge on any atom is -0.497 e. The number of methoxy groups -OCH3 is 1. The highest BCUT2D eigenvalue weighted by Gasteiger charge is 2.33. The number of carbonyl (C=O) groups is 1. The van der Waals surface area contributed by atoms with E-state index >= 15 is 0 Å². The minimum atomic E-state index is -0.753. The SMILES string of the molecule is C=CCOC(=O)C1=C(C)N=c2s/c(=C\c3cn(-c4ccccc4)nc3-c3ccc(OCCC)c(C)c3)c(=O)n2C1c1ccc(OC)cc1. The summed E-state index contributed by atoms with van der Waals surface area (Å²) >= 11 is 1.27. The zero-order valence-electron chi connectivity index (χ0n) is 27.3. The van der Waals surface area contributed by atoms with E-state index in [4.69, 9.17) is 24.3 Å². The van der Waals surface area contributed by atoms with Crippen LogP contribution in [0, 0.1) is 6.92 Å². The van der Waals surface area contributed by atoms with E-state index in [1.165, 1.54) is 17.4 Å². The average molecular weight is 661 g/mol. The summed E-state index contributed by atoms with van der Waals surface area (Å²) in [5, 5.41) is 4.97. The Hall–Kier alpha value is -5.48. The lowest BCUT2D eigenvalue weighted by atomic mass is 9.96. The highest BCUT2D eigenvalue weighted by Crippen LogP contribution is 2.32. The molecule has 0 saturated heterocycles. The van der Waals surface area contributed by atoms with Crippen LogP contribution in [0.5, 0.6) is 11.5 Å². The van der Waals surface area contributed by atoms with Gasteiger partial charge in [-0.15, -0.1) is 0 Å². The molecule has 1 aliphatic rings. The number of benzene rings is 3. The number of para-hydroxylation sites is 1. The van der Waals surface area contributed by atoms with E-state index < -0.39 is 12.0 Å². The summed E-state index contributed by atoms with van der Waals surface area (Å²) in [7, 11) is 1.59. The van der Waals surface area contributed by atoms with E-state index in [0.717, 1.165) is 40.1 Å². The molecule has 0 fully saturated rings. The lowest BCUT2D eigenvalue weighted by Gasteiger charge is -2.24. The maximum Gasteiger partial charge on any atom is 0.338 e. The van der Waals surface area contributed by atoms with Crippen LogP contribution in [-0.4, -0.2) is 40.6 Å². The number of hydrogen-bond donors (Lipinski definition) is 0. The van der Waals surface area contributed by atoms with Crippen LogP contribution in [0.4, 0.5) is 0 Å². The third-order valence-electron chi connectivity index (χ3n) is 7.97. The molecule has 0 aliphatic carbocycles. The molecule has 0 bridgehead atoms. The summed E-state index contributed by atoms with van der Waals surface area (Å²) < 4.78 is 20.6. The van der Waals surface area contributed by atoms with Gasteiger partial charge in [0.2, 0.25) is 0 Å². The van der Waals surface area contributed by atoms with Gasteiger partial charge in [0, 0.05) is 17.3 Å². The molecule has 0 N–H and O–H groups in total. The van der Waals surface area contributed by atoms with E-state index in [1.54, 1.807) is 30.7 Å². The van der Waals surface area contributed by atoms with Crippen LogP contribution in [0.3, 0.4) is 0 Å². The van der Waals surface area contributed by atoms with Gasteiger partial charge in [-0.1, -0.05) is 61.2 Å². The second kappa shape index (κ2) is 14.1. The van der Waals surface area contributed by atoms with Crippen molar-refractivity contribution in [2.75, 3.05) is 20.3 Å². The molecule has 244 valence electrons. The Morgan fingerprint density at radius 1 is 1.06 bits per heavy atom. The Kier molecular flexibility index (Phi) is 9.54. The summed E-state index contributed by atoms with van der Waals surface area (Å²) in [5.41, 5.74) is 5.46. The smallest absolute Gasteiger partial charge is 0.338 e. The highest BCUT2D eigenvalue weighted by molar-refractivity contribution is 7.07. The molecule has 10 heteroatoms. The third kappa shape index (κ3) is 6.39. The topological polar surface area (TPSA) is 96.9 Å². The van der Waals surface area contributed by atoms with Crippen LogP contribution >= 0.6 is 11.3 Å². The van der Waals surface area contributed by atoms with Crippen molar-refractivity contribution < 1.29 is 19.0 Å². The largest absolute Gasteiger partial charge is 0.497 e. The van der Waals surface area contributed by atoms with Crippen LogP contribution in [0.1, 0.15) is 43.0 Å². The van der Waals surface area contributed by atoms with Gasteiger partial charge < -0.3 is 14.2 Å². The fourth-order valence-electron chi connectivity index (χ4n) is 5.64. The highest BCUT2D eigenvalue weighted by atomic mass is 32.1. The summed E-state index contributed by atoms with van der Waals surface area (Å²) in [5.74, 6) is 0.930. The van der Waals surface area contributed by atoms with Crippen LogP contribution < -0.4 is 24.4 Å². The first-order chi connectivity index (χ1) is 23.3. The number of thiazole rings is 1. The lowest BCUT2D eigenvalue weighted by Crippen LogP contribution is -2.39. The maximum absolute atomic E-state index is 14.4. The van der Waals surface area contributed by atoms with Gasteiger partial charge in [-0.05, 0) is 79.9 Å². The molecule has 48 heavy (non-hydrogen) atoms. The van der Waals surface area contributed by atoms with Crippen molar-refractivity contribution in [1.82, 2.24) is 14.3 Å². The molecule has 2 aromatic heterocycles. The Morgan fingerprint density at radius 2 is 1.83 bits per heavy atom. The number of allylic oxidation sites excluding steroid dienone is 1. The molecule has 1 atom stereocenters. The summed E-state index contributed by atoms with van der Waals surface area (Å²) in [6, 6.07) is 22.4. The summed E-state index contributed by atoms with van der Waals surface area (Å²) in [4.78, 5) is 33.0. The standard InChI is InChI=1S/C38H36N4O5S/c1-6-19-46-31-18-15-27(21-24(31)3)34-28(23-41(40-34)29-11-9-8-10-12-29)22-32-36(43)42-35(26-13-16-30(45-5)17-14-26)33(37(44)47-20-7-2)25(4)39-38(42)48-32/h7-18,21-23,35H,2,6,19-20H2,1,3-5H3/b32-22-. The molecular formula is C38H36N4O5S. The predicted molar refractivity (Wildman–Crippen MR) is 187 cm³/mol. The molecule has 1 aliphatic heterocycles. The first-order valence-corrected chi connectivity index (χ1v) is 16.5.